The molecule has 3 heteroatoms. The number of hydrogen-bond acceptors (Lipinski definition) is 3. The standard InChI is InChI=1S/C17H17NO2/c1-17(19,15-5-3-2-4-6-15)13-20-16-9-7-14(8-10-16)11-12-18/h2-10,19H,11,13H2,1H3. The Morgan fingerprint density at radius 3 is 2.35 bits per heavy atom. The van der Waals surface area contributed by atoms with Crippen molar-refractivity contribution in [2.24, 2.45) is 0 Å². The topological polar surface area (TPSA) is 53.2 Å². The molecule has 0 amide bonds. The molecule has 2 aromatic rings. The van der Waals surface area contributed by atoms with Crippen LogP contribution in [-0.2, 0) is 12.0 Å². The lowest BCUT2D eigenvalue weighted by Gasteiger charge is -2.24. The maximum Gasteiger partial charge on any atom is 0.121 e. The predicted octanol–water partition coefficient (Wildman–Crippen LogP) is 3.04. The second kappa shape index (κ2) is 6.23. The van der Waals surface area contributed by atoms with E-state index in [0.717, 1.165) is 11.1 Å². The van der Waals surface area contributed by atoms with Gasteiger partial charge in [0.1, 0.15) is 18.0 Å². The van der Waals surface area contributed by atoms with Gasteiger partial charge in [-0.05, 0) is 30.2 Å². The number of nitrogens with zero attached hydrogens (tertiary/aromatic N) is 1. The Balaban J connectivity index is 1.99. The molecule has 2 rings (SSSR count). The van der Waals surface area contributed by atoms with Gasteiger partial charge < -0.3 is 9.84 Å². The molecule has 0 radical (unpaired) electrons. The van der Waals surface area contributed by atoms with Gasteiger partial charge in [-0.3, -0.25) is 0 Å². The molecule has 0 saturated carbocycles. The lowest BCUT2D eigenvalue weighted by molar-refractivity contribution is 0.00759. The van der Waals surface area contributed by atoms with Crippen molar-refractivity contribution in [1.82, 2.24) is 0 Å². The molecule has 0 bridgehead atoms. The van der Waals surface area contributed by atoms with Crippen LogP contribution in [0.25, 0.3) is 0 Å². The van der Waals surface area contributed by atoms with E-state index in [9.17, 15) is 5.11 Å². The smallest absolute Gasteiger partial charge is 0.121 e. The molecule has 0 spiro atoms. The molecule has 0 aromatic heterocycles. The predicted molar refractivity (Wildman–Crippen MR) is 77.3 cm³/mol. The third-order valence-corrected chi connectivity index (χ3v) is 3.12. The van der Waals surface area contributed by atoms with E-state index in [1.54, 1.807) is 6.92 Å². The highest BCUT2D eigenvalue weighted by Gasteiger charge is 2.23. The maximum atomic E-state index is 10.4. The quantitative estimate of drug-likeness (QED) is 0.906. The van der Waals surface area contributed by atoms with Crippen molar-refractivity contribution in [2.45, 2.75) is 18.9 Å². The molecule has 1 N–H and O–H groups in total. The minimum Gasteiger partial charge on any atom is -0.490 e. The second-order valence-corrected chi connectivity index (χ2v) is 4.91. The van der Waals surface area contributed by atoms with Gasteiger partial charge in [0.15, 0.2) is 0 Å². The van der Waals surface area contributed by atoms with Crippen LogP contribution in [0, 0.1) is 11.3 Å². The largest absolute Gasteiger partial charge is 0.490 e. The summed E-state index contributed by atoms with van der Waals surface area (Å²) < 4.78 is 5.63. The first-order valence-corrected chi connectivity index (χ1v) is 6.48. The van der Waals surface area contributed by atoms with Gasteiger partial charge in [0, 0.05) is 0 Å². The number of benzene rings is 2. The highest BCUT2D eigenvalue weighted by Crippen LogP contribution is 2.22. The molecular formula is C17H17NO2. The third-order valence-electron chi connectivity index (χ3n) is 3.12. The molecule has 3 nitrogen and oxygen atoms in total. The molecule has 102 valence electrons. The molecule has 0 heterocycles. The summed E-state index contributed by atoms with van der Waals surface area (Å²) in [6.45, 7) is 1.90. The van der Waals surface area contributed by atoms with Crippen LogP contribution in [0.2, 0.25) is 0 Å². The molecular weight excluding hydrogens is 250 g/mol. The average Bonchev–Trinajstić information content (AvgIpc) is 2.48. The van der Waals surface area contributed by atoms with E-state index in [2.05, 4.69) is 6.07 Å². The molecule has 0 fully saturated rings. The van der Waals surface area contributed by atoms with Crippen molar-refractivity contribution in [3.05, 3.63) is 65.7 Å². The number of hydrogen-bond donors (Lipinski definition) is 1. The van der Waals surface area contributed by atoms with Gasteiger partial charge in [-0.15, -0.1) is 0 Å². The van der Waals surface area contributed by atoms with Crippen LogP contribution < -0.4 is 4.74 Å². The highest BCUT2D eigenvalue weighted by atomic mass is 16.5. The van der Waals surface area contributed by atoms with Gasteiger partial charge in [-0.2, -0.15) is 5.26 Å². The molecule has 2 aromatic carbocycles. The first kappa shape index (κ1) is 14.1. The van der Waals surface area contributed by atoms with Gasteiger partial charge in [0.2, 0.25) is 0 Å². The van der Waals surface area contributed by atoms with Crippen molar-refractivity contribution in [1.29, 1.82) is 5.26 Å². The van der Waals surface area contributed by atoms with Crippen molar-refractivity contribution in [3.8, 4) is 11.8 Å². The fourth-order valence-corrected chi connectivity index (χ4v) is 1.90. The Hall–Kier alpha value is -2.31. The number of rotatable bonds is 5. The van der Waals surface area contributed by atoms with Gasteiger partial charge >= 0.3 is 0 Å². The highest BCUT2D eigenvalue weighted by molar-refractivity contribution is 5.29. The molecule has 0 saturated heterocycles. The van der Waals surface area contributed by atoms with E-state index < -0.39 is 5.60 Å². The zero-order valence-corrected chi connectivity index (χ0v) is 11.4. The summed E-state index contributed by atoms with van der Waals surface area (Å²) in [4.78, 5) is 0. The molecule has 1 unspecified atom stereocenters. The zero-order valence-electron chi connectivity index (χ0n) is 11.4. The summed E-state index contributed by atoms with van der Waals surface area (Å²) in [6, 6.07) is 18.9. The minimum absolute atomic E-state index is 0.175. The summed E-state index contributed by atoms with van der Waals surface area (Å²) in [6.07, 6.45) is 0.391. The molecule has 0 aliphatic carbocycles. The van der Waals surface area contributed by atoms with Crippen LogP contribution in [0.3, 0.4) is 0 Å². The SMILES string of the molecule is CC(O)(COc1ccc(CC#N)cc1)c1ccccc1. The Labute approximate surface area is 119 Å². The van der Waals surface area contributed by atoms with Crippen LogP contribution in [0.5, 0.6) is 5.75 Å². The first-order valence-electron chi connectivity index (χ1n) is 6.48. The summed E-state index contributed by atoms with van der Waals surface area (Å²) in [5.74, 6) is 0.683. The maximum absolute atomic E-state index is 10.4. The van der Waals surface area contributed by atoms with Crippen LogP contribution >= 0.6 is 0 Å². The van der Waals surface area contributed by atoms with E-state index in [0.29, 0.717) is 12.2 Å². The zero-order chi connectivity index (χ0) is 14.4. The van der Waals surface area contributed by atoms with Crippen LogP contribution in [0.15, 0.2) is 54.6 Å². The third kappa shape index (κ3) is 3.59. The van der Waals surface area contributed by atoms with Crippen LogP contribution in [0.1, 0.15) is 18.1 Å². The second-order valence-electron chi connectivity index (χ2n) is 4.91. The van der Waals surface area contributed by atoms with Crippen molar-refractivity contribution < 1.29 is 9.84 Å². The first-order chi connectivity index (χ1) is 9.62. The lowest BCUT2D eigenvalue weighted by atomic mass is 9.97. The van der Waals surface area contributed by atoms with Crippen LogP contribution in [0.4, 0.5) is 0 Å². The van der Waals surface area contributed by atoms with E-state index in [1.165, 1.54) is 0 Å². The van der Waals surface area contributed by atoms with Gasteiger partial charge in [-0.25, -0.2) is 0 Å². The number of ether oxygens (including phenoxy) is 1. The summed E-state index contributed by atoms with van der Waals surface area (Å²) in [7, 11) is 0. The van der Waals surface area contributed by atoms with E-state index in [4.69, 9.17) is 10.00 Å². The molecule has 0 aliphatic heterocycles. The van der Waals surface area contributed by atoms with E-state index in [1.807, 2.05) is 54.6 Å². The Morgan fingerprint density at radius 2 is 1.75 bits per heavy atom. The fraction of sp³-hybridized carbons (Fsp3) is 0.235. The van der Waals surface area contributed by atoms with Crippen LogP contribution in [-0.4, -0.2) is 11.7 Å². The Bertz CT molecular complexity index is 583. The fourth-order valence-electron chi connectivity index (χ4n) is 1.90. The number of nitriles is 1. The van der Waals surface area contributed by atoms with Crippen molar-refractivity contribution >= 4 is 0 Å². The van der Waals surface area contributed by atoms with E-state index in [-0.39, 0.29) is 6.61 Å². The summed E-state index contributed by atoms with van der Waals surface area (Å²) >= 11 is 0. The minimum atomic E-state index is -1.04. The molecule has 20 heavy (non-hydrogen) atoms. The monoisotopic (exact) mass is 267 g/mol. The number of aliphatic hydroxyl groups is 1. The van der Waals surface area contributed by atoms with Crippen molar-refractivity contribution in [2.75, 3.05) is 6.61 Å². The summed E-state index contributed by atoms with van der Waals surface area (Å²) in [5.41, 5.74) is 0.739. The van der Waals surface area contributed by atoms with Gasteiger partial charge in [-0.1, -0.05) is 42.5 Å². The van der Waals surface area contributed by atoms with E-state index >= 15 is 0 Å². The molecule has 1 atom stereocenters. The Kier molecular flexibility index (Phi) is 4.39. The summed E-state index contributed by atoms with van der Waals surface area (Å²) in [5, 5.41) is 19.0. The van der Waals surface area contributed by atoms with Gasteiger partial charge in [0.25, 0.3) is 0 Å². The molecule has 0 aliphatic rings. The normalized spacial score (nSPS) is 13.2. The Morgan fingerprint density at radius 1 is 1.10 bits per heavy atom. The lowest BCUT2D eigenvalue weighted by Crippen LogP contribution is -2.29. The van der Waals surface area contributed by atoms with Gasteiger partial charge in [0.05, 0.1) is 12.5 Å². The van der Waals surface area contributed by atoms with Crippen molar-refractivity contribution in [3.63, 3.8) is 0 Å². The average molecular weight is 267 g/mol.